The molecule has 2 aromatic heterocycles. The standard InChI is InChI=1S/C17H28N6O2/c1-4-5-6-13(7-8-24)20-16-15(10-19-17(18)21-16)25-11-14-9-12(2)22-23(14)3/h9-10,13,24H,4-8,11H2,1-3H3,(H3,18,19,20,21). The summed E-state index contributed by atoms with van der Waals surface area (Å²) < 4.78 is 7.68. The molecule has 8 nitrogen and oxygen atoms in total. The van der Waals surface area contributed by atoms with E-state index in [2.05, 4.69) is 27.3 Å². The number of nitrogens with zero attached hydrogens (tertiary/aromatic N) is 4. The SMILES string of the molecule is CCCCC(CCO)Nc1nc(N)ncc1OCc1cc(C)nn1C. The molecule has 0 amide bonds. The van der Waals surface area contributed by atoms with Crippen LogP contribution in [0, 0.1) is 6.92 Å². The lowest BCUT2D eigenvalue weighted by Crippen LogP contribution is -2.22. The summed E-state index contributed by atoms with van der Waals surface area (Å²) in [7, 11) is 1.88. The van der Waals surface area contributed by atoms with E-state index in [4.69, 9.17) is 10.5 Å². The largest absolute Gasteiger partial charge is 0.482 e. The second kappa shape index (κ2) is 9.22. The molecule has 138 valence electrons. The number of aliphatic hydroxyl groups is 1. The Morgan fingerprint density at radius 1 is 1.40 bits per heavy atom. The number of aliphatic hydroxyl groups excluding tert-OH is 1. The molecule has 0 saturated carbocycles. The second-order valence-electron chi connectivity index (χ2n) is 6.13. The van der Waals surface area contributed by atoms with Gasteiger partial charge in [-0.3, -0.25) is 4.68 Å². The van der Waals surface area contributed by atoms with Crippen molar-refractivity contribution in [3.05, 3.63) is 23.7 Å². The van der Waals surface area contributed by atoms with Crippen LogP contribution in [0.1, 0.15) is 44.0 Å². The van der Waals surface area contributed by atoms with Gasteiger partial charge in [0.15, 0.2) is 11.6 Å². The van der Waals surface area contributed by atoms with Gasteiger partial charge >= 0.3 is 0 Å². The van der Waals surface area contributed by atoms with Crippen LogP contribution in [-0.2, 0) is 13.7 Å². The maximum Gasteiger partial charge on any atom is 0.222 e. The van der Waals surface area contributed by atoms with Gasteiger partial charge in [-0.1, -0.05) is 19.8 Å². The topological polar surface area (TPSA) is 111 Å². The van der Waals surface area contributed by atoms with Crippen molar-refractivity contribution in [2.75, 3.05) is 17.7 Å². The Morgan fingerprint density at radius 2 is 2.20 bits per heavy atom. The molecule has 4 N–H and O–H groups in total. The molecule has 0 radical (unpaired) electrons. The van der Waals surface area contributed by atoms with Crippen molar-refractivity contribution in [1.29, 1.82) is 0 Å². The highest BCUT2D eigenvalue weighted by atomic mass is 16.5. The number of hydrogen-bond acceptors (Lipinski definition) is 7. The van der Waals surface area contributed by atoms with Crippen LogP contribution in [0.3, 0.4) is 0 Å². The molecule has 0 aliphatic heterocycles. The fourth-order valence-electron chi connectivity index (χ4n) is 2.63. The maximum absolute atomic E-state index is 9.28. The molecule has 2 rings (SSSR count). The smallest absolute Gasteiger partial charge is 0.222 e. The predicted octanol–water partition coefficient (Wildman–Crippen LogP) is 2.03. The number of rotatable bonds is 10. The molecule has 0 aromatic carbocycles. The number of aromatic nitrogens is 4. The summed E-state index contributed by atoms with van der Waals surface area (Å²) >= 11 is 0. The second-order valence-corrected chi connectivity index (χ2v) is 6.13. The number of nitrogens with two attached hydrogens (primary N) is 1. The molecule has 1 atom stereocenters. The molecule has 2 aromatic rings. The van der Waals surface area contributed by atoms with Crippen molar-refractivity contribution in [2.24, 2.45) is 7.05 Å². The van der Waals surface area contributed by atoms with Crippen LogP contribution in [0.15, 0.2) is 12.3 Å². The van der Waals surface area contributed by atoms with Crippen LogP contribution >= 0.6 is 0 Å². The zero-order chi connectivity index (χ0) is 18.2. The van der Waals surface area contributed by atoms with Crippen molar-refractivity contribution >= 4 is 11.8 Å². The monoisotopic (exact) mass is 348 g/mol. The van der Waals surface area contributed by atoms with Gasteiger partial charge in [-0.25, -0.2) is 4.98 Å². The van der Waals surface area contributed by atoms with E-state index >= 15 is 0 Å². The van der Waals surface area contributed by atoms with Gasteiger partial charge in [-0.05, 0) is 25.8 Å². The molecule has 25 heavy (non-hydrogen) atoms. The number of hydrogen-bond donors (Lipinski definition) is 3. The third-order valence-corrected chi connectivity index (χ3v) is 3.97. The summed E-state index contributed by atoms with van der Waals surface area (Å²) in [4.78, 5) is 8.29. The molecule has 0 fully saturated rings. The Kier molecular flexibility index (Phi) is 7.00. The normalized spacial score (nSPS) is 12.2. The quantitative estimate of drug-likeness (QED) is 0.602. The van der Waals surface area contributed by atoms with E-state index in [-0.39, 0.29) is 18.6 Å². The van der Waals surface area contributed by atoms with Crippen LogP contribution in [-0.4, -0.2) is 37.5 Å². The average molecular weight is 348 g/mol. The Morgan fingerprint density at radius 3 is 2.84 bits per heavy atom. The van der Waals surface area contributed by atoms with Crippen molar-refractivity contribution in [3.8, 4) is 5.75 Å². The van der Waals surface area contributed by atoms with Gasteiger partial charge in [0, 0.05) is 19.7 Å². The summed E-state index contributed by atoms with van der Waals surface area (Å²) in [6, 6.07) is 2.08. The van der Waals surface area contributed by atoms with Crippen LogP contribution in [0.4, 0.5) is 11.8 Å². The minimum absolute atomic E-state index is 0.112. The van der Waals surface area contributed by atoms with Gasteiger partial charge < -0.3 is 20.9 Å². The van der Waals surface area contributed by atoms with Gasteiger partial charge in [-0.15, -0.1) is 0 Å². The Bertz CT molecular complexity index is 673. The third-order valence-electron chi connectivity index (χ3n) is 3.97. The highest BCUT2D eigenvalue weighted by Crippen LogP contribution is 2.25. The molecule has 2 heterocycles. The van der Waals surface area contributed by atoms with Gasteiger partial charge in [-0.2, -0.15) is 10.1 Å². The maximum atomic E-state index is 9.28. The van der Waals surface area contributed by atoms with Gasteiger partial charge in [0.05, 0.1) is 17.6 Å². The first-order chi connectivity index (χ1) is 12.0. The first kappa shape index (κ1) is 19.0. The molecule has 1 unspecified atom stereocenters. The molecule has 0 spiro atoms. The van der Waals surface area contributed by atoms with Crippen LogP contribution in [0.25, 0.3) is 0 Å². The van der Waals surface area contributed by atoms with E-state index in [1.807, 2.05) is 20.0 Å². The zero-order valence-electron chi connectivity index (χ0n) is 15.2. The van der Waals surface area contributed by atoms with Crippen LogP contribution in [0.5, 0.6) is 5.75 Å². The van der Waals surface area contributed by atoms with Gasteiger partial charge in [0.2, 0.25) is 5.95 Å². The van der Waals surface area contributed by atoms with E-state index in [0.717, 1.165) is 30.7 Å². The Hall–Kier alpha value is -2.35. The summed E-state index contributed by atoms with van der Waals surface area (Å²) in [5, 5.41) is 16.9. The molecule has 0 saturated heterocycles. The summed E-state index contributed by atoms with van der Waals surface area (Å²) in [5.74, 6) is 1.28. The lowest BCUT2D eigenvalue weighted by Gasteiger charge is -2.20. The predicted molar refractivity (Wildman–Crippen MR) is 97.4 cm³/mol. The van der Waals surface area contributed by atoms with Crippen LogP contribution in [0.2, 0.25) is 0 Å². The lowest BCUT2D eigenvalue weighted by molar-refractivity contribution is 0.274. The number of nitrogen functional groups attached to an aromatic ring is 1. The summed E-state index contributed by atoms with van der Waals surface area (Å²) in [5.41, 5.74) is 7.63. The summed E-state index contributed by atoms with van der Waals surface area (Å²) in [6.45, 7) is 4.56. The highest BCUT2D eigenvalue weighted by molar-refractivity contribution is 5.51. The van der Waals surface area contributed by atoms with Crippen LogP contribution < -0.4 is 15.8 Å². The number of ether oxygens (including phenoxy) is 1. The Balaban J connectivity index is 2.11. The van der Waals surface area contributed by atoms with Gasteiger partial charge in [0.25, 0.3) is 0 Å². The molecule has 0 bridgehead atoms. The lowest BCUT2D eigenvalue weighted by atomic mass is 10.1. The molecule has 8 heteroatoms. The summed E-state index contributed by atoms with van der Waals surface area (Å²) in [6.07, 6.45) is 5.33. The number of aryl methyl sites for hydroxylation is 2. The van der Waals surface area contributed by atoms with Crippen molar-refractivity contribution in [3.63, 3.8) is 0 Å². The number of anilines is 2. The van der Waals surface area contributed by atoms with Crippen molar-refractivity contribution in [2.45, 2.75) is 52.2 Å². The molecule has 0 aliphatic carbocycles. The highest BCUT2D eigenvalue weighted by Gasteiger charge is 2.14. The first-order valence-electron chi connectivity index (χ1n) is 8.65. The third kappa shape index (κ3) is 5.60. The Labute approximate surface area is 148 Å². The molecule has 0 aliphatic rings. The minimum atomic E-state index is 0.112. The van der Waals surface area contributed by atoms with Crippen molar-refractivity contribution in [1.82, 2.24) is 19.7 Å². The average Bonchev–Trinajstić information content (AvgIpc) is 2.89. The fraction of sp³-hybridized carbons (Fsp3) is 0.588. The van der Waals surface area contributed by atoms with E-state index in [0.29, 0.717) is 24.6 Å². The van der Waals surface area contributed by atoms with E-state index < -0.39 is 0 Å². The van der Waals surface area contributed by atoms with E-state index in [1.54, 1.807) is 10.9 Å². The zero-order valence-corrected chi connectivity index (χ0v) is 15.2. The number of unbranched alkanes of at least 4 members (excludes halogenated alkanes) is 1. The van der Waals surface area contributed by atoms with E-state index in [1.165, 1.54) is 0 Å². The first-order valence-corrected chi connectivity index (χ1v) is 8.65. The number of nitrogens with one attached hydrogen (secondary N) is 1. The van der Waals surface area contributed by atoms with E-state index in [9.17, 15) is 5.11 Å². The van der Waals surface area contributed by atoms with Crippen molar-refractivity contribution < 1.29 is 9.84 Å². The fourth-order valence-corrected chi connectivity index (χ4v) is 2.63. The molecular weight excluding hydrogens is 320 g/mol. The molecular formula is C17H28N6O2. The minimum Gasteiger partial charge on any atom is -0.482 e. The van der Waals surface area contributed by atoms with Gasteiger partial charge in [0.1, 0.15) is 6.61 Å².